The van der Waals surface area contributed by atoms with Crippen molar-refractivity contribution in [1.29, 1.82) is 0 Å². The Kier molecular flexibility index (Phi) is 2.46. The van der Waals surface area contributed by atoms with Gasteiger partial charge in [-0.25, -0.2) is 4.79 Å². The minimum absolute atomic E-state index is 0.0282. The molecule has 1 heterocycles. The van der Waals surface area contributed by atoms with Crippen LogP contribution in [0.15, 0.2) is 0 Å². The highest BCUT2D eigenvalue weighted by Crippen LogP contribution is 2.67. The maximum absolute atomic E-state index is 11.2. The maximum atomic E-state index is 11.2. The van der Waals surface area contributed by atoms with Crippen LogP contribution in [0, 0.1) is 16.7 Å². The van der Waals surface area contributed by atoms with Gasteiger partial charge in [-0.3, -0.25) is 0 Å². The topological polar surface area (TPSA) is 66.6 Å². The molecule has 3 atom stereocenters. The van der Waals surface area contributed by atoms with Gasteiger partial charge in [0.2, 0.25) is 0 Å². The van der Waals surface area contributed by atoms with Crippen molar-refractivity contribution in [2.45, 2.75) is 39.7 Å². The van der Waals surface area contributed by atoms with Gasteiger partial charge >= 0.3 is 6.09 Å². The van der Waals surface area contributed by atoms with Gasteiger partial charge in [-0.2, -0.15) is 0 Å². The number of carbonyl (C=O) groups is 1. The minimum atomic E-state index is -0.815. The fourth-order valence-electron chi connectivity index (χ4n) is 3.38. The first-order valence-corrected chi connectivity index (χ1v) is 6.01. The number of carboxylic acid groups (broad SMARTS) is 1. The molecule has 1 amide bonds. The smallest absolute Gasteiger partial charge is 0.407 e. The van der Waals surface area contributed by atoms with Crippen molar-refractivity contribution in [2.24, 2.45) is 22.5 Å². The van der Waals surface area contributed by atoms with Gasteiger partial charge in [0.1, 0.15) is 0 Å². The molecule has 1 saturated heterocycles. The van der Waals surface area contributed by atoms with Crippen LogP contribution in [0.1, 0.15) is 33.6 Å². The average molecular weight is 226 g/mol. The second kappa shape index (κ2) is 3.36. The van der Waals surface area contributed by atoms with Gasteiger partial charge in [0.15, 0.2) is 0 Å². The number of rotatable bonds is 1. The second-order valence-corrected chi connectivity index (χ2v) is 6.34. The number of fused-ring (bicyclic) bond motifs is 1. The van der Waals surface area contributed by atoms with E-state index in [0.717, 1.165) is 12.8 Å². The molecule has 0 unspecified atom stereocenters. The molecule has 0 aromatic carbocycles. The maximum Gasteiger partial charge on any atom is 0.407 e. The first-order valence-electron chi connectivity index (χ1n) is 6.01. The Morgan fingerprint density at radius 1 is 1.56 bits per heavy atom. The van der Waals surface area contributed by atoms with E-state index < -0.39 is 6.09 Å². The molecule has 0 spiro atoms. The van der Waals surface area contributed by atoms with Crippen molar-refractivity contribution in [1.82, 2.24) is 4.90 Å². The van der Waals surface area contributed by atoms with Crippen LogP contribution in [0.4, 0.5) is 4.79 Å². The summed E-state index contributed by atoms with van der Waals surface area (Å²) in [4.78, 5) is 12.8. The predicted octanol–water partition coefficient (Wildman–Crippen LogP) is 1.75. The molecule has 0 aromatic heterocycles. The Hall–Kier alpha value is -0.770. The van der Waals surface area contributed by atoms with E-state index in [2.05, 4.69) is 20.8 Å². The number of nitrogens with two attached hydrogens (primary N) is 1. The zero-order valence-electron chi connectivity index (χ0n) is 10.4. The number of amides is 1. The molecule has 2 fully saturated rings. The second-order valence-electron chi connectivity index (χ2n) is 6.34. The zero-order valence-corrected chi connectivity index (χ0v) is 10.4. The Bertz CT molecular complexity index is 311. The first-order chi connectivity index (χ1) is 7.32. The molecule has 4 heteroatoms. The van der Waals surface area contributed by atoms with Gasteiger partial charge in [-0.05, 0) is 29.6 Å². The SMILES string of the molecule is CC(C)(C)[C@@]12C[C@@H]1C[C@@H](CN)N(C(=O)O)C2. The van der Waals surface area contributed by atoms with Crippen LogP contribution in [0.5, 0.6) is 0 Å². The third-order valence-electron chi connectivity index (χ3n) is 4.69. The lowest BCUT2D eigenvalue weighted by Gasteiger charge is -2.43. The van der Waals surface area contributed by atoms with Crippen LogP contribution in [-0.4, -0.2) is 35.2 Å². The van der Waals surface area contributed by atoms with E-state index in [1.807, 2.05) is 0 Å². The normalized spacial score (nSPS) is 38.1. The molecule has 0 bridgehead atoms. The summed E-state index contributed by atoms with van der Waals surface area (Å²) in [6, 6.07) is 0.0282. The van der Waals surface area contributed by atoms with E-state index in [9.17, 15) is 9.90 Å². The predicted molar refractivity (Wildman–Crippen MR) is 62.2 cm³/mol. The van der Waals surface area contributed by atoms with Crippen LogP contribution in [-0.2, 0) is 0 Å². The van der Waals surface area contributed by atoms with E-state index in [1.165, 1.54) is 0 Å². The summed E-state index contributed by atoms with van der Waals surface area (Å²) in [6.07, 6.45) is 1.29. The Labute approximate surface area is 96.8 Å². The van der Waals surface area contributed by atoms with Gasteiger partial charge in [0.05, 0.1) is 0 Å². The molecule has 2 aliphatic rings. The molecular formula is C12H22N2O2. The van der Waals surface area contributed by atoms with Gasteiger partial charge in [-0.15, -0.1) is 0 Å². The molecule has 92 valence electrons. The largest absolute Gasteiger partial charge is 0.465 e. The molecular weight excluding hydrogens is 204 g/mol. The summed E-state index contributed by atoms with van der Waals surface area (Å²) in [7, 11) is 0. The van der Waals surface area contributed by atoms with E-state index in [0.29, 0.717) is 19.0 Å². The highest BCUT2D eigenvalue weighted by Gasteiger charge is 2.64. The van der Waals surface area contributed by atoms with Crippen molar-refractivity contribution >= 4 is 6.09 Å². The molecule has 1 saturated carbocycles. The molecule has 0 radical (unpaired) electrons. The lowest BCUT2D eigenvalue weighted by atomic mass is 9.73. The van der Waals surface area contributed by atoms with Crippen molar-refractivity contribution in [2.75, 3.05) is 13.1 Å². The third-order valence-corrected chi connectivity index (χ3v) is 4.69. The van der Waals surface area contributed by atoms with Gasteiger partial charge in [0, 0.05) is 19.1 Å². The molecule has 2 rings (SSSR count). The number of hydrogen-bond acceptors (Lipinski definition) is 2. The van der Waals surface area contributed by atoms with Crippen molar-refractivity contribution in [3.05, 3.63) is 0 Å². The number of nitrogens with zero attached hydrogens (tertiary/aromatic N) is 1. The highest BCUT2D eigenvalue weighted by atomic mass is 16.4. The third kappa shape index (κ3) is 1.51. The van der Waals surface area contributed by atoms with Crippen molar-refractivity contribution in [3.63, 3.8) is 0 Å². The van der Waals surface area contributed by atoms with Crippen LogP contribution in [0.3, 0.4) is 0 Å². The fourth-order valence-corrected chi connectivity index (χ4v) is 3.38. The number of likely N-dealkylation sites (tertiary alicyclic amines) is 1. The van der Waals surface area contributed by atoms with Crippen LogP contribution in [0.2, 0.25) is 0 Å². The van der Waals surface area contributed by atoms with Crippen LogP contribution < -0.4 is 5.73 Å². The zero-order chi connectivity index (χ0) is 12.1. The first kappa shape index (κ1) is 11.7. The molecule has 3 N–H and O–H groups in total. The average Bonchev–Trinajstić information content (AvgIpc) is 2.88. The van der Waals surface area contributed by atoms with Gasteiger partial charge in [-0.1, -0.05) is 20.8 Å². The molecule has 1 aliphatic carbocycles. The summed E-state index contributed by atoms with van der Waals surface area (Å²) in [6.45, 7) is 7.77. The number of hydrogen-bond donors (Lipinski definition) is 2. The molecule has 0 aromatic rings. The summed E-state index contributed by atoms with van der Waals surface area (Å²) < 4.78 is 0. The molecule has 4 nitrogen and oxygen atoms in total. The van der Waals surface area contributed by atoms with E-state index in [1.54, 1.807) is 4.90 Å². The van der Waals surface area contributed by atoms with E-state index >= 15 is 0 Å². The minimum Gasteiger partial charge on any atom is -0.465 e. The van der Waals surface area contributed by atoms with Crippen LogP contribution >= 0.6 is 0 Å². The monoisotopic (exact) mass is 226 g/mol. The summed E-state index contributed by atoms with van der Waals surface area (Å²) in [5.41, 5.74) is 6.05. The van der Waals surface area contributed by atoms with Crippen molar-refractivity contribution < 1.29 is 9.90 Å². The summed E-state index contributed by atoms with van der Waals surface area (Å²) in [5.74, 6) is 0.677. The summed E-state index contributed by atoms with van der Waals surface area (Å²) in [5, 5.41) is 9.23. The molecule has 16 heavy (non-hydrogen) atoms. The quantitative estimate of drug-likeness (QED) is 0.716. The number of piperidine rings is 1. The van der Waals surface area contributed by atoms with Crippen LogP contribution in [0.25, 0.3) is 0 Å². The Balaban J connectivity index is 2.19. The van der Waals surface area contributed by atoms with Crippen molar-refractivity contribution in [3.8, 4) is 0 Å². The fraction of sp³-hybridized carbons (Fsp3) is 0.917. The van der Waals surface area contributed by atoms with E-state index in [-0.39, 0.29) is 16.9 Å². The van der Waals surface area contributed by atoms with E-state index in [4.69, 9.17) is 5.73 Å². The standard InChI is InChI=1S/C12H22N2O2/c1-11(2,3)12-5-8(12)4-9(6-13)14(7-12)10(15)16/h8-9H,4-7,13H2,1-3H3,(H,15,16)/t8-,9-,12+/m0/s1. The molecule has 1 aliphatic heterocycles. The van der Waals surface area contributed by atoms with Gasteiger partial charge < -0.3 is 15.7 Å². The summed E-state index contributed by atoms with van der Waals surface area (Å²) >= 11 is 0. The van der Waals surface area contributed by atoms with Gasteiger partial charge in [0.25, 0.3) is 0 Å². The highest BCUT2D eigenvalue weighted by molar-refractivity contribution is 5.66. The lowest BCUT2D eigenvalue weighted by molar-refractivity contribution is 0.0453. The lowest BCUT2D eigenvalue weighted by Crippen LogP contribution is -2.52. The Morgan fingerprint density at radius 3 is 2.62 bits per heavy atom. The Morgan fingerprint density at radius 2 is 2.19 bits per heavy atom.